The molecule has 1 aliphatic carbocycles. The number of aromatic amines is 1. The van der Waals surface area contributed by atoms with Gasteiger partial charge in [0.05, 0.1) is 25.2 Å². The number of nitrogens with one attached hydrogen (secondary N) is 2. The summed E-state index contributed by atoms with van der Waals surface area (Å²) < 4.78 is 5.52. The van der Waals surface area contributed by atoms with Crippen LogP contribution in [0.3, 0.4) is 0 Å². The van der Waals surface area contributed by atoms with Crippen molar-refractivity contribution in [2.75, 3.05) is 14.1 Å². The van der Waals surface area contributed by atoms with Gasteiger partial charge in [-0.05, 0) is 6.07 Å². The maximum absolute atomic E-state index is 11.9. The predicted molar refractivity (Wildman–Crippen MR) is 77.8 cm³/mol. The molecule has 3 N–H and O–H groups in total. The van der Waals surface area contributed by atoms with Gasteiger partial charge in [0.25, 0.3) is 5.43 Å². The third-order valence-corrected chi connectivity index (χ3v) is 3.46. The quantitative estimate of drug-likeness (QED) is 0.563. The van der Waals surface area contributed by atoms with Crippen molar-refractivity contribution in [3.8, 4) is 0 Å². The molecule has 3 rings (SSSR count). The number of fused-ring (bicyclic) bond motifs is 1. The van der Waals surface area contributed by atoms with Crippen LogP contribution in [0, 0.1) is 10.8 Å². The molecule has 2 aliphatic rings. The van der Waals surface area contributed by atoms with E-state index >= 15 is 0 Å². The molecule has 7 nitrogen and oxygen atoms in total. The SMILES string of the molecule is C[NH+](C)c1ccc2[nH]c3c(C(=O)O)cc(=O)c(=O)c=3oc2c1. The fraction of sp³-hybridized carbons (Fsp3) is 0.133. The van der Waals surface area contributed by atoms with E-state index in [1.807, 2.05) is 20.2 Å². The Balaban J connectivity index is 2.54. The van der Waals surface area contributed by atoms with Gasteiger partial charge in [-0.15, -0.1) is 0 Å². The Morgan fingerprint density at radius 1 is 1.23 bits per heavy atom. The second kappa shape index (κ2) is 4.81. The van der Waals surface area contributed by atoms with Gasteiger partial charge < -0.3 is 19.4 Å². The van der Waals surface area contributed by atoms with E-state index in [4.69, 9.17) is 4.42 Å². The molecule has 0 spiro atoms. The van der Waals surface area contributed by atoms with Crippen molar-refractivity contribution >= 4 is 22.8 Å². The number of carboxylic acid groups (broad SMARTS) is 1. The van der Waals surface area contributed by atoms with Gasteiger partial charge in [0, 0.05) is 18.2 Å². The molecule has 1 aromatic carbocycles. The van der Waals surface area contributed by atoms with Gasteiger partial charge in [0.1, 0.15) is 11.0 Å². The van der Waals surface area contributed by atoms with E-state index in [9.17, 15) is 19.5 Å². The van der Waals surface area contributed by atoms with Crippen molar-refractivity contribution in [1.82, 2.24) is 4.98 Å². The zero-order chi connectivity index (χ0) is 16.0. The normalized spacial score (nSPS) is 11.4. The van der Waals surface area contributed by atoms with Gasteiger partial charge in [0.2, 0.25) is 10.8 Å². The van der Waals surface area contributed by atoms with Crippen LogP contribution in [0.1, 0.15) is 10.4 Å². The van der Waals surface area contributed by atoms with E-state index in [2.05, 4.69) is 4.98 Å². The summed E-state index contributed by atoms with van der Waals surface area (Å²) in [6.45, 7) is 0. The lowest BCUT2D eigenvalue weighted by molar-refractivity contribution is -0.786. The summed E-state index contributed by atoms with van der Waals surface area (Å²) in [4.78, 5) is 38.7. The molecule has 22 heavy (non-hydrogen) atoms. The molecule has 1 aliphatic heterocycles. The van der Waals surface area contributed by atoms with E-state index in [1.54, 1.807) is 12.1 Å². The Morgan fingerprint density at radius 3 is 2.59 bits per heavy atom. The molecule has 0 bridgehead atoms. The third-order valence-electron chi connectivity index (χ3n) is 3.46. The van der Waals surface area contributed by atoms with Crippen molar-refractivity contribution in [2.45, 2.75) is 0 Å². The Hall–Kier alpha value is -2.93. The molecule has 0 fully saturated rings. The van der Waals surface area contributed by atoms with Gasteiger partial charge in [-0.1, -0.05) is 0 Å². The molecule has 1 heterocycles. The van der Waals surface area contributed by atoms with Crippen LogP contribution in [-0.4, -0.2) is 30.2 Å². The lowest BCUT2D eigenvalue weighted by Crippen LogP contribution is -3.00. The number of H-pyrrole nitrogens is 1. The summed E-state index contributed by atoms with van der Waals surface area (Å²) >= 11 is 0. The van der Waals surface area contributed by atoms with Gasteiger partial charge in [0.15, 0.2) is 5.58 Å². The summed E-state index contributed by atoms with van der Waals surface area (Å²) in [7, 11) is 3.87. The molecule has 0 unspecified atom stereocenters. The molecule has 0 atom stereocenters. The smallest absolute Gasteiger partial charge is 0.338 e. The number of hydrogen-bond donors (Lipinski definition) is 3. The van der Waals surface area contributed by atoms with Crippen molar-refractivity contribution in [3.63, 3.8) is 0 Å². The standard InChI is InChI=1S/C15H12N2O5/c1-17(2)7-3-4-9-11(5-7)22-14-12(16-9)8(15(20)21)6-10(18)13(14)19/h3-6,16H,1-2H3,(H,20,21)/p+1. The average molecular weight is 301 g/mol. The minimum absolute atomic E-state index is 0.00884. The summed E-state index contributed by atoms with van der Waals surface area (Å²) in [5.41, 5.74) is -0.483. The molecule has 1 aromatic rings. The Kier molecular flexibility index (Phi) is 3.07. The number of aromatic carboxylic acids is 1. The molecule has 0 aromatic heterocycles. The topological polar surface area (TPSA) is 105 Å². The first-order valence-electron chi connectivity index (χ1n) is 6.56. The monoisotopic (exact) mass is 301 g/mol. The first kappa shape index (κ1) is 14.0. The zero-order valence-corrected chi connectivity index (χ0v) is 11.9. The van der Waals surface area contributed by atoms with Crippen LogP contribution in [0.4, 0.5) is 5.69 Å². The summed E-state index contributed by atoms with van der Waals surface area (Å²) in [5, 5.41) is 9.19. The van der Waals surface area contributed by atoms with Crippen LogP contribution < -0.4 is 15.8 Å². The second-order valence-corrected chi connectivity index (χ2v) is 5.20. The molecule has 0 saturated heterocycles. The van der Waals surface area contributed by atoms with Crippen molar-refractivity contribution < 1.29 is 19.2 Å². The maximum atomic E-state index is 11.9. The Morgan fingerprint density at radius 2 is 1.95 bits per heavy atom. The number of hydrogen-bond acceptors (Lipinski definition) is 4. The number of aromatic nitrogens is 1. The molecule has 112 valence electrons. The van der Waals surface area contributed by atoms with Crippen LogP contribution in [0.15, 0.2) is 38.3 Å². The van der Waals surface area contributed by atoms with Gasteiger partial charge in [-0.25, -0.2) is 4.79 Å². The number of carboxylic acids is 1. The largest absolute Gasteiger partial charge is 0.478 e. The molecule has 0 amide bonds. The van der Waals surface area contributed by atoms with Crippen LogP contribution in [-0.2, 0) is 0 Å². The van der Waals surface area contributed by atoms with Gasteiger partial charge in [-0.3, -0.25) is 9.59 Å². The van der Waals surface area contributed by atoms with Crippen LogP contribution in [0.5, 0.6) is 0 Å². The second-order valence-electron chi connectivity index (χ2n) is 5.20. The highest BCUT2D eigenvalue weighted by Crippen LogP contribution is 2.16. The lowest BCUT2D eigenvalue weighted by atomic mass is 10.2. The molecular weight excluding hydrogens is 288 g/mol. The lowest BCUT2D eigenvalue weighted by Gasteiger charge is -2.07. The Bertz CT molecular complexity index is 1080. The minimum atomic E-state index is -1.30. The van der Waals surface area contributed by atoms with E-state index < -0.39 is 16.8 Å². The van der Waals surface area contributed by atoms with E-state index in [-0.39, 0.29) is 16.3 Å². The first-order chi connectivity index (χ1) is 10.4. The van der Waals surface area contributed by atoms with E-state index in [0.29, 0.717) is 11.1 Å². The fourth-order valence-electron chi connectivity index (χ4n) is 2.27. The van der Waals surface area contributed by atoms with E-state index in [0.717, 1.165) is 16.7 Å². The van der Waals surface area contributed by atoms with Crippen molar-refractivity contribution in [2.24, 2.45) is 0 Å². The number of benzene rings is 1. The number of rotatable bonds is 2. The highest BCUT2D eigenvalue weighted by atomic mass is 16.4. The fourth-order valence-corrected chi connectivity index (χ4v) is 2.27. The summed E-state index contributed by atoms with van der Waals surface area (Å²) in [6, 6.07) is 6.14. The van der Waals surface area contributed by atoms with Gasteiger partial charge >= 0.3 is 5.97 Å². The highest BCUT2D eigenvalue weighted by Gasteiger charge is 2.15. The summed E-state index contributed by atoms with van der Waals surface area (Å²) in [5.74, 6) is -1.30. The molecule has 0 saturated carbocycles. The van der Waals surface area contributed by atoms with Crippen molar-refractivity contribution in [3.05, 3.63) is 61.0 Å². The molecule has 0 radical (unpaired) electrons. The minimum Gasteiger partial charge on any atom is -0.478 e. The number of carbonyl (C=O) groups is 1. The highest BCUT2D eigenvalue weighted by molar-refractivity contribution is 5.87. The molecule has 7 heteroatoms. The van der Waals surface area contributed by atoms with Crippen LogP contribution in [0.25, 0.3) is 11.1 Å². The zero-order valence-electron chi connectivity index (χ0n) is 11.9. The maximum Gasteiger partial charge on any atom is 0.338 e. The first-order valence-corrected chi connectivity index (χ1v) is 6.56. The van der Waals surface area contributed by atoms with E-state index in [1.165, 1.54) is 0 Å². The number of quaternary nitrogens is 1. The summed E-state index contributed by atoms with van der Waals surface area (Å²) in [6.07, 6.45) is 0. The molecular formula is C15H13N2O5+. The van der Waals surface area contributed by atoms with Crippen molar-refractivity contribution in [1.29, 1.82) is 0 Å². The third kappa shape index (κ3) is 2.08. The van der Waals surface area contributed by atoms with Crippen LogP contribution >= 0.6 is 0 Å². The van der Waals surface area contributed by atoms with Crippen LogP contribution in [0.2, 0.25) is 0 Å². The Labute approximate surface area is 123 Å². The average Bonchev–Trinajstić information content (AvgIpc) is 2.48. The predicted octanol–water partition coefficient (Wildman–Crippen LogP) is -0.320. The van der Waals surface area contributed by atoms with Gasteiger partial charge in [-0.2, -0.15) is 0 Å².